The molecule has 3 aromatic rings. The Balaban J connectivity index is 1.71. The van der Waals surface area contributed by atoms with Gasteiger partial charge in [0, 0.05) is 12.6 Å². The van der Waals surface area contributed by atoms with Crippen molar-refractivity contribution in [1.82, 2.24) is 10.2 Å². The third-order valence-electron chi connectivity index (χ3n) is 7.85. The summed E-state index contributed by atoms with van der Waals surface area (Å²) in [5.41, 5.74) is 2.78. The van der Waals surface area contributed by atoms with Crippen LogP contribution in [0, 0.1) is 13.8 Å². The van der Waals surface area contributed by atoms with Crippen molar-refractivity contribution in [1.29, 1.82) is 0 Å². The van der Waals surface area contributed by atoms with Gasteiger partial charge in [0.15, 0.2) is 0 Å². The normalized spacial score (nSPS) is 14.6. The Bertz CT molecular complexity index is 1490. The Morgan fingerprint density at radius 2 is 1.67 bits per heavy atom. The topological polar surface area (TPSA) is 96.0 Å². The van der Waals surface area contributed by atoms with Gasteiger partial charge >= 0.3 is 0 Å². The number of benzene rings is 3. The van der Waals surface area contributed by atoms with Gasteiger partial charge in [0.25, 0.3) is 10.0 Å². The SMILES string of the molecule is COc1cccc(CN(C(=O)CN(c2cc(C)ccc2C)S(=O)(=O)c2ccccc2)[C@@H](C)C(=O)NC2CCCCC2)c1. The number of aryl methyl sites for hydroxylation is 2. The molecule has 0 aromatic heterocycles. The molecule has 9 heteroatoms. The zero-order valence-corrected chi connectivity index (χ0v) is 25.7. The lowest BCUT2D eigenvalue weighted by Gasteiger charge is -2.33. The molecule has 3 aromatic carbocycles. The second kappa shape index (κ2) is 13.9. The van der Waals surface area contributed by atoms with Crippen molar-refractivity contribution in [3.8, 4) is 5.75 Å². The van der Waals surface area contributed by atoms with Gasteiger partial charge in [-0.15, -0.1) is 0 Å². The minimum Gasteiger partial charge on any atom is -0.497 e. The number of carbonyl (C=O) groups excluding carboxylic acids is 2. The van der Waals surface area contributed by atoms with Gasteiger partial charge in [0.2, 0.25) is 11.8 Å². The van der Waals surface area contributed by atoms with E-state index in [9.17, 15) is 18.0 Å². The average Bonchev–Trinajstić information content (AvgIpc) is 3.00. The number of sulfonamides is 1. The van der Waals surface area contributed by atoms with Crippen molar-refractivity contribution in [2.75, 3.05) is 18.0 Å². The number of rotatable bonds is 11. The molecule has 0 unspecified atom stereocenters. The summed E-state index contributed by atoms with van der Waals surface area (Å²) in [6, 6.07) is 20.2. The van der Waals surface area contributed by atoms with Crippen molar-refractivity contribution < 1.29 is 22.7 Å². The zero-order chi connectivity index (χ0) is 30.3. The van der Waals surface area contributed by atoms with E-state index in [1.807, 2.05) is 50.2 Å². The molecule has 224 valence electrons. The molecule has 0 spiro atoms. The summed E-state index contributed by atoms with van der Waals surface area (Å²) in [6.07, 6.45) is 5.12. The van der Waals surface area contributed by atoms with Crippen molar-refractivity contribution in [3.05, 3.63) is 89.5 Å². The van der Waals surface area contributed by atoms with Gasteiger partial charge in [-0.05, 0) is 80.6 Å². The lowest BCUT2D eigenvalue weighted by Crippen LogP contribution is -2.53. The van der Waals surface area contributed by atoms with Crippen LogP contribution in [0.25, 0.3) is 0 Å². The molecule has 1 atom stereocenters. The Kier molecular flexibility index (Phi) is 10.3. The van der Waals surface area contributed by atoms with Crippen LogP contribution < -0.4 is 14.4 Å². The highest BCUT2D eigenvalue weighted by molar-refractivity contribution is 7.92. The molecule has 0 saturated heterocycles. The Morgan fingerprint density at radius 1 is 0.952 bits per heavy atom. The first kappa shape index (κ1) is 31.1. The van der Waals surface area contributed by atoms with Crippen LogP contribution in [0.2, 0.25) is 0 Å². The molecule has 4 rings (SSSR count). The van der Waals surface area contributed by atoms with Crippen LogP contribution in [-0.2, 0) is 26.2 Å². The predicted molar refractivity (Wildman–Crippen MR) is 165 cm³/mol. The van der Waals surface area contributed by atoms with Crippen LogP contribution >= 0.6 is 0 Å². The number of hydrogen-bond donors (Lipinski definition) is 1. The number of anilines is 1. The van der Waals surface area contributed by atoms with Crippen LogP contribution in [0.4, 0.5) is 5.69 Å². The van der Waals surface area contributed by atoms with Crippen molar-refractivity contribution >= 4 is 27.5 Å². The fourth-order valence-electron chi connectivity index (χ4n) is 5.34. The molecule has 8 nitrogen and oxygen atoms in total. The highest BCUT2D eigenvalue weighted by atomic mass is 32.2. The predicted octanol–water partition coefficient (Wildman–Crippen LogP) is 5.37. The number of ether oxygens (including phenoxy) is 1. The summed E-state index contributed by atoms with van der Waals surface area (Å²) in [4.78, 5) is 29.2. The smallest absolute Gasteiger partial charge is 0.264 e. The second-order valence-electron chi connectivity index (χ2n) is 11.0. The van der Waals surface area contributed by atoms with Gasteiger partial charge in [0.05, 0.1) is 17.7 Å². The number of amides is 2. The van der Waals surface area contributed by atoms with Gasteiger partial charge < -0.3 is 15.0 Å². The van der Waals surface area contributed by atoms with Gasteiger partial charge in [-0.3, -0.25) is 13.9 Å². The summed E-state index contributed by atoms with van der Waals surface area (Å²) < 4.78 is 34.6. The molecule has 1 aliphatic carbocycles. The van der Waals surface area contributed by atoms with Crippen LogP contribution in [0.15, 0.2) is 77.7 Å². The van der Waals surface area contributed by atoms with Gasteiger partial charge in [-0.25, -0.2) is 8.42 Å². The number of nitrogens with one attached hydrogen (secondary N) is 1. The minimum atomic E-state index is -4.11. The molecule has 1 fully saturated rings. The van der Waals surface area contributed by atoms with Crippen LogP contribution in [-0.4, -0.2) is 50.9 Å². The first-order valence-electron chi connectivity index (χ1n) is 14.5. The van der Waals surface area contributed by atoms with Crippen LogP contribution in [0.5, 0.6) is 5.75 Å². The molecule has 0 radical (unpaired) electrons. The summed E-state index contributed by atoms with van der Waals surface area (Å²) in [5, 5.41) is 3.13. The molecule has 1 N–H and O–H groups in total. The van der Waals surface area contributed by atoms with E-state index in [0.29, 0.717) is 11.4 Å². The molecule has 42 heavy (non-hydrogen) atoms. The Morgan fingerprint density at radius 3 is 2.36 bits per heavy atom. The monoisotopic (exact) mass is 591 g/mol. The third kappa shape index (κ3) is 7.50. The van der Waals surface area contributed by atoms with E-state index in [0.717, 1.165) is 53.1 Å². The maximum atomic E-state index is 14.2. The highest BCUT2D eigenvalue weighted by Crippen LogP contribution is 2.29. The molecule has 0 heterocycles. The molecular formula is C33H41N3O5S. The van der Waals surface area contributed by atoms with Gasteiger partial charge in [-0.2, -0.15) is 0 Å². The van der Waals surface area contributed by atoms with E-state index < -0.39 is 28.5 Å². The van der Waals surface area contributed by atoms with E-state index in [1.54, 1.807) is 38.3 Å². The van der Waals surface area contributed by atoms with Gasteiger partial charge in [-0.1, -0.05) is 61.7 Å². The fourth-order valence-corrected chi connectivity index (χ4v) is 6.83. The first-order valence-corrected chi connectivity index (χ1v) is 15.9. The maximum Gasteiger partial charge on any atom is 0.264 e. The zero-order valence-electron chi connectivity index (χ0n) is 24.9. The van der Waals surface area contributed by atoms with Crippen molar-refractivity contribution in [3.63, 3.8) is 0 Å². The lowest BCUT2D eigenvalue weighted by atomic mass is 9.95. The van der Waals surface area contributed by atoms with E-state index in [4.69, 9.17) is 4.74 Å². The number of nitrogens with zero attached hydrogens (tertiary/aromatic N) is 2. The summed E-state index contributed by atoms with van der Waals surface area (Å²) >= 11 is 0. The largest absolute Gasteiger partial charge is 0.497 e. The molecule has 1 saturated carbocycles. The Labute approximate surface area is 249 Å². The van der Waals surface area contributed by atoms with Crippen molar-refractivity contribution in [2.24, 2.45) is 0 Å². The first-order chi connectivity index (χ1) is 20.1. The van der Waals surface area contributed by atoms with Crippen LogP contribution in [0.1, 0.15) is 55.7 Å². The van der Waals surface area contributed by atoms with Crippen LogP contribution in [0.3, 0.4) is 0 Å². The second-order valence-corrected chi connectivity index (χ2v) is 12.9. The third-order valence-corrected chi connectivity index (χ3v) is 9.62. The summed E-state index contributed by atoms with van der Waals surface area (Å²) in [5.74, 6) is -0.102. The van der Waals surface area contributed by atoms with Crippen molar-refractivity contribution in [2.45, 2.75) is 76.4 Å². The highest BCUT2D eigenvalue weighted by Gasteiger charge is 2.33. The summed E-state index contributed by atoms with van der Waals surface area (Å²) in [6.45, 7) is 5.05. The van der Waals surface area contributed by atoms with Gasteiger partial charge in [0.1, 0.15) is 18.3 Å². The van der Waals surface area contributed by atoms with E-state index >= 15 is 0 Å². The maximum absolute atomic E-state index is 14.2. The Hall–Kier alpha value is -3.85. The molecular weight excluding hydrogens is 550 g/mol. The average molecular weight is 592 g/mol. The lowest BCUT2D eigenvalue weighted by molar-refractivity contribution is -0.139. The van der Waals surface area contributed by atoms with E-state index in [-0.39, 0.29) is 23.4 Å². The molecule has 0 bridgehead atoms. The van der Waals surface area contributed by atoms with E-state index in [2.05, 4.69) is 5.32 Å². The fraction of sp³-hybridized carbons (Fsp3) is 0.394. The standard InChI is InChI=1S/C33H41N3O5S/c1-24-18-19-25(2)31(20-24)36(42(39,40)30-16-9-6-10-17-30)23-32(37)35(22-27-12-11-15-29(21-27)41-4)26(3)33(38)34-28-13-7-5-8-14-28/h6,9-12,15-21,26,28H,5,7-8,13-14,22-23H2,1-4H3,(H,34,38)/t26-/m0/s1. The quantitative estimate of drug-likeness (QED) is 0.323. The number of methoxy groups -OCH3 is 1. The summed E-state index contributed by atoms with van der Waals surface area (Å²) in [7, 11) is -2.54. The minimum absolute atomic E-state index is 0.0763. The number of carbonyl (C=O) groups is 2. The molecule has 0 aliphatic heterocycles. The number of hydrogen-bond acceptors (Lipinski definition) is 5. The molecule has 2 amide bonds. The van der Waals surface area contributed by atoms with E-state index in [1.165, 1.54) is 17.0 Å². The molecule has 1 aliphatic rings.